The number of carbonyl (C=O) groups excluding carboxylic acids is 1. The van der Waals surface area contributed by atoms with Crippen molar-refractivity contribution in [2.45, 2.75) is 25.6 Å². The first kappa shape index (κ1) is 21.8. The van der Waals surface area contributed by atoms with E-state index in [1.54, 1.807) is 35.5 Å². The molecule has 1 aromatic carbocycles. The maximum atomic E-state index is 13.5. The molecule has 1 saturated heterocycles. The summed E-state index contributed by atoms with van der Waals surface area (Å²) in [7, 11) is 0. The van der Waals surface area contributed by atoms with E-state index in [2.05, 4.69) is 9.97 Å². The third kappa shape index (κ3) is 4.82. The second-order valence-electron chi connectivity index (χ2n) is 8.14. The molecule has 0 saturated carbocycles. The molecule has 1 atom stereocenters. The molecular formula is C26H24N4O4. The number of ether oxygens (including phenoxy) is 2. The Balaban J connectivity index is 1.41. The summed E-state index contributed by atoms with van der Waals surface area (Å²) in [5.74, 6) is 0.365. The van der Waals surface area contributed by atoms with Crippen LogP contribution in [0.4, 0.5) is 0 Å². The van der Waals surface area contributed by atoms with E-state index in [4.69, 9.17) is 9.47 Å². The minimum atomic E-state index is -0.399. The molecule has 0 radical (unpaired) electrons. The van der Waals surface area contributed by atoms with Crippen molar-refractivity contribution >= 4 is 11.6 Å². The molecule has 4 aromatic rings. The number of carbonyl (C=O) groups is 1. The van der Waals surface area contributed by atoms with Gasteiger partial charge in [0.05, 0.1) is 25.5 Å². The van der Waals surface area contributed by atoms with Crippen LogP contribution in [0.5, 0.6) is 5.75 Å². The van der Waals surface area contributed by atoms with Crippen LogP contribution in [0, 0.1) is 0 Å². The molecule has 8 nitrogen and oxygen atoms in total. The van der Waals surface area contributed by atoms with Crippen molar-refractivity contribution in [1.29, 1.82) is 0 Å². The Morgan fingerprint density at radius 3 is 2.68 bits per heavy atom. The largest absolute Gasteiger partial charge is 0.488 e. The van der Waals surface area contributed by atoms with Crippen LogP contribution >= 0.6 is 0 Å². The summed E-state index contributed by atoms with van der Waals surface area (Å²) in [5, 5.41) is 0. The second kappa shape index (κ2) is 9.84. The first-order valence-electron chi connectivity index (χ1n) is 11.2. The Morgan fingerprint density at radius 2 is 1.91 bits per heavy atom. The minimum absolute atomic E-state index is 0.0146. The summed E-state index contributed by atoms with van der Waals surface area (Å²) in [6, 6.07) is 18.4. The lowest BCUT2D eigenvalue weighted by Crippen LogP contribution is -2.35. The second-order valence-corrected chi connectivity index (χ2v) is 8.14. The highest BCUT2D eigenvalue weighted by atomic mass is 16.5. The maximum Gasteiger partial charge on any atom is 0.270 e. The molecule has 0 aliphatic carbocycles. The van der Waals surface area contributed by atoms with Gasteiger partial charge in [-0.05, 0) is 42.0 Å². The summed E-state index contributed by atoms with van der Waals surface area (Å²) in [6.45, 7) is 1.88. The zero-order valence-corrected chi connectivity index (χ0v) is 18.5. The van der Waals surface area contributed by atoms with Gasteiger partial charge in [-0.1, -0.05) is 24.3 Å². The molecule has 172 valence electrons. The van der Waals surface area contributed by atoms with E-state index >= 15 is 0 Å². The quantitative estimate of drug-likeness (QED) is 0.425. The summed E-state index contributed by atoms with van der Waals surface area (Å²) in [4.78, 5) is 36.8. The van der Waals surface area contributed by atoms with Crippen molar-refractivity contribution in [2.75, 3.05) is 13.2 Å². The van der Waals surface area contributed by atoms with Gasteiger partial charge in [0.2, 0.25) is 0 Å². The number of pyridine rings is 2. The van der Waals surface area contributed by atoms with Crippen molar-refractivity contribution in [3.05, 3.63) is 106 Å². The molecule has 3 aromatic heterocycles. The Kier molecular flexibility index (Phi) is 6.31. The normalized spacial score (nSPS) is 15.4. The number of rotatable bonds is 7. The van der Waals surface area contributed by atoms with E-state index < -0.39 is 11.5 Å². The fourth-order valence-electron chi connectivity index (χ4n) is 3.92. The summed E-state index contributed by atoms with van der Waals surface area (Å²) in [6.07, 6.45) is 5.60. The van der Waals surface area contributed by atoms with E-state index in [0.717, 1.165) is 30.0 Å². The number of aromatic nitrogens is 3. The number of benzene rings is 1. The van der Waals surface area contributed by atoms with Gasteiger partial charge < -0.3 is 14.4 Å². The molecule has 5 rings (SSSR count). The van der Waals surface area contributed by atoms with Crippen molar-refractivity contribution in [3.63, 3.8) is 0 Å². The van der Waals surface area contributed by atoms with Gasteiger partial charge in [0, 0.05) is 31.6 Å². The predicted molar refractivity (Wildman–Crippen MR) is 126 cm³/mol. The molecule has 1 unspecified atom stereocenters. The van der Waals surface area contributed by atoms with E-state index in [1.165, 1.54) is 10.6 Å². The molecule has 1 amide bonds. The molecule has 0 spiro atoms. The number of hydrogen-bond acceptors (Lipinski definition) is 6. The van der Waals surface area contributed by atoms with Crippen molar-refractivity contribution in [2.24, 2.45) is 0 Å². The van der Waals surface area contributed by atoms with Gasteiger partial charge in [-0.15, -0.1) is 0 Å². The highest BCUT2D eigenvalue weighted by Gasteiger charge is 2.22. The first-order chi connectivity index (χ1) is 16.7. The third-order valence-electron chi connectivity index (χ3n) is 5.70. The highest BCUT2D eigenvalue weighted by Crippen LogP contribution is 2.19. The van der Waals surface area contributed by atoms with Gasteiger partial charge in [0.1, 0.15) is 23.1 Å². The Hall–Kier alpha value is -4.04. The van der Waals surface area contributed by atoms with Crippen LogP contribution in [-0.2, 0) is 17.8 Å². The van der Waals surface area contributed by atoms with Gasteiger partial charge in [-0.25, -0.2) is 4.98 Å². The standard InChI is InChI=1S/C26H24N4O4/c31-25(23-15-28-24-6-2-4-13-30(24)26(23)32)29(17-20-5-1-3-12-27-20)16-19-7-9-21(10-8-19)34-22-11-14-33-18-22/h1-10,12-13,15,22H,11,14,16-18H2. The van der Waals surface area contributed by atoms with Crippen LogP contribution in [0.15, 0.2) is 84.0 Å². The van der Waals surface area contributed by atoms with E-state index in [-0.39, 0.29) is 18.2 Å². The Morgan fingerprint density at radius 1 is 1.06 bits per heavy atom. The van der Waals surface area contributed by atoms with Gasteiger partial charge in [-0.2, -0.15) is 0 Å². The number of nitrogens with zero attached hydrogens (tertiary/aromatic N) is 4. The van der Waals surface area contributed by atoms with Gasteiger partial charge in [0.25, 0.3) is 11.5 Å². The number of amides is 1. The van der Waals surface area contributed by atoms with Crippen LogP contribution < -0.4 is 10.3 Å². The lowest BCUT2D eigenvalue weighted by molar-refractivity contribution is 0.0725. The van der Waals surface area contributed by atoms with Crippen LogP contribution in [0.1, 0.15) is 28.0 Å². The number of hydrogen-bond donors (Lipinski definition) is 0. The summed E-state index contributed by atoms with van der Waals surface area (Å²) in [5.41, 5.74) is 1.74. The van der Waals surface area contributed by atoms with Crippen LogP contribution in [-0.4, -0.2) is 44.5 Å². The monoisotopic (exact) mass is 456 g/mol. The fraction of sp³-hybridized carbons (Fsp3) is 0.231. The van der Waals surface area contributed by atoms with Crippen molar-refractivity contribution in [3.8, 4) is 5.75 Å². The smallest absolute Gasteiger partial charge is 0.270 e. The zero-order valence-electron chi connectivity index (χ0n) is 18.5. The maximum absolute atomic E-state index is 13.5. The van der Waals surface area contributed by atoms with Crippen molar-refractivity contribution < 1.29 is 14.3 Å². The van der Waals surface area contributed by atoms with Crippen LogP contribution in [0.25, 0.3) is 5.65 Å². The predicted octanol–water partition coefficient (Wildman–Crippen LogP) is 3.10. The molecular weight excluding hydrogens is 432 g/mol. The Labute approximate surface area is 196 Å². The van der Waals surface area contributed by atoms with Crippen LogP contribution in [0.2, 0.25) is 0 Å². The first-order valence-corrected chi connectivity index (χ1v) is 11.2. The summed E-state index contributed by atoms with van der Waals surface area (Å²) < 4.78 is 12.7. The molecule has 4 heterocycles. The average Bonchev–Trinajstić information content (AvgIpc) is 3.39. The lowest BCUT2D eigenvalue weighted by Gasteiger charge is -2.23. The third-order valence-corrected chi connectivity index (χ3v) is 5.70. The van der Waals surface area contributed by atoms with Gasteiger partial charge in [-0.3, -0.25) is 19.0 Å². The Bertz CT molecular complexity index is 1330. The van der Waals surface area contributed by atoms with Gasteiger partial charge in [0.15, 0.2) is 0 Å². The highest BCUT2D eigenvalue weighted by molar-refractivity contribution is 5.93. The fourth-order valence-corrected chi connectivity index (χ4v) is 3.92. The molecule has 1 aliphatic rings. The van der Waals surface area contributed by atoms with E-state index in [9.17, 15) is 9.59 Å². The number of fused-ring (bicyclic) bond motifs is 1. The van der Waals surface area contributed by atoms with Crippen LogP contribution in [0.3, 0.4) is 0 Å². The minimum Gasteiger partial charge on any atom is -0.488 e. The van der Waals surface area contributed by atoms with Gasteiger partial charge >= 0.3 is 0 Å². The SMILES string of the molecule is O=C(c1cnc2ccccn2c1=O)N(Cc1ccc(OC2CCOC2)cc1)Cc1ccccn1. The van der Waals surface area contributed by atoms with E-state index in [1.807, 2.05) is 42.5 Å². The molecule has 0 bridgehead atoms. The molecule has 0 N–H and O–H groups in total. The summed E-state index contributed by atoms with van der Waals surface area (Å²) >= 11 is 0. The topological polar surface area (TPSA) is 86.0 Å². The zero-order chi connectivity index (χ0) is 23.3. The van der Waals surface area contributed by atoms with Crippen molar-refractivity contribution in [1.82, 2.24) is 19.3 Å². The molecule has 1 aliphatic heterocycles. The molecule has 1 fully saturated rings. The lowest BCUT2D eigenvalue weighted by atomic mass is 10.1. The molecule has 34 heavy (non-hydrogen) atoms. The van der Waals surface area contributed by atoms with E-state index in [0.29, 0.717) is 18.8 Å². The average molecular weight is 457 g/mol. The molecule has 8 heteroatoms.